The van der Waals surface area contributed by atoms with Gasteiger partial charge in [0.25, 0.3) is 0 Å². The van der Waals surface area contributed by atoms with Crippen molar-refractivity contribution in [1.29, 1.82) is 5.26 Å². The van der Waals surface area contributed by atoms with Crippen LogP contribution in [-0.4, -0.2) is 10.2 Å². The molecule has 1 aliphatic heterocycles. The summed E-state index contributed by atoms with van der Waals surface area (Å²) in [6, 6.07) is 14.9. The van der Waals surface area contributed by atoms with Crippen molar-refractivity contribution in [2.45, 2.75) is 19.4 Å². The van der Waals surface area contributed by atoms with Gasteiger partial charge in [0, 0.05) is 26.9 Å². The molecule has 2 heterocycles. The molecule has 4 rings (SSSR count). The number of allylic oxidation sites excluding steroid dienone is 1. The fraction of sp³-hybridized carbons (Fsp3) is 0.143. The largest absolute Gasteiger partial charge is 0.489 e. The van der Waals surface area contributed by atoms with Crippen LogP contribution >= 0.6 is 23.2 Å². The number of aromatic amines is 1. The number of aryl methyl sites for hydroxylation is 1. The molecule has 1 aromatic heterocycles. The molecule has 3 N–H and O–H groups in total. The highest BCUT2D eigenvalue weighted by Crippen LogP contribution is 2.42. The van der Waals surface area contributed by atoms with Gasteiger partial charge in [0.2, 0.25) is 11.8 Å². The predicted molar refractivity (Wildman–Crippen MR) is 110 cm³/mol. The predicted octanol–water partition coefficient (Wildman–Crippen LogP) is 4.82. The summed E-state index contributed by atoms with van der Waals surface area (Å²) in [4.78, 5) is 0. The molecular weight excluding hydrogens is 411 g/mol. The summed E-state index contributed by atoms with van der Waals surface area (Å²) >= 11 is 12.1. The lowest BCUT2D eigenvalue weighted by atomic mass is 9.84. The third-order valence-electron chi connectivity index (χ3n) is 4.75. The van der Waals surface area contributed by atoms with Crippen molar-refractivity contribution >= 4 is 23.2 Å². The van der Waals surface area contributed by atoms with Gasteiger partial charge in [0.1, 0.15) is 24.0 Å². The first kappa shape index (κ1) is 19.2. The van der Waals surface area contributed by atoms with Crippen LogP contribution in [0.25, 0.3) is 0 Å². The lowest BCUT2D eigenvalue weighted by Gasteiger charge is -2.23. The molecule has 3 aromatic rings. The molecule has 0 fully saturated rings. The molecule has 1 aliphatic rings. The van der Waals surface area contributed by atoms with Gasteiger partial charge in [-0.1, -0.05) is 41.4 Å². The molecule has 1 unspecified atom stereocenters. The zero-order valence-electron chi connectivity index (χ0n) is 15.4. The zero-order valence-corrected chi connectivity index (χ0v) is 16.9. The molecule has 2 aromatic carbocycles. The number of nitriles is 1. The molecule has 0 amide bonds. The number of benzene rings is 2. The van der Waals surface area contributed by atoms with Gasteiger partial charge in [-0.3, -0.25) is 5.10 Å². The summed E-state index contributed by atoms with van der Waals surface area (Å²) in [5.74, 6) is 0.768. The minimum Gasteiger partial charge on any atom is -0.489 e. The number of nitrogens with two attached hydrogens (primary N) is 1. The average molecular weight is 427 g/mol. The maximum Gasteiger partial charge on any atom is 0.244 e. The topological polar surface area (TPSA) is 97.0 Å². The van der Waals surface area contributed by atoms with Gasteiger partial charge < -0.3 is 15.2 Å². The molecule has 0 aliphatic carbocycles. The van der Waals surface area contributed by atoms with Crippen molar-refractivity contribution in [3.8, 4) is 17.7 Å². The number of aromatic nitrogens is 2. The molecule has 0 bridgehead atoms. The Morgan fingerprint density at radius 3 is 2.69 bits per heavy atom. The van der Waals surface area contributed by atoms with Crippen molar-refractivity contribution in [3.05, 3.63) is 86.4 Å². The third-order valence-corrected chi connectivity index (χ3v) is 5.34. The Morgan fingerprint density at radius 1 is 1.24 bits per heavy atom. The molecule has 1 atom stereocenters. The van der Waals surface area contributed by atoms with Gasteiger partial charge in [-0.15, -0.1) is 5.10 Å². The van der Waals surface area contributed by atoms with Crippen LogP contribution in [0.1, 0.15) is 28.3 Å². The van der Waals surface area contributed by atoms with E-state index in [0.717, 1.165) is 22.4 Å². The normalized spacial score (nSPS) is 15.4. The Bertz CT molecular complexity index is 1150. The van der Waals surface area contributed by atoms with Crippen LogP contribution in [0.3, 0.4) is 0 Å². The van der Waals surface area contributed by atoms with E-state index in [9.17, 15) is 5.26 Å². The summed E-state index contributed by atoms with van der Waals surface area (Å²) in [5.41, 5.74) is 9.64. The second-order valence-corrected chi connectivity index (χ2v) is 7.43. The van der Waals surface area contributed by atoms with E-state index < -0.39 is 0 Å². The van der Waals surface area contributed by atoms with Crippen LogP contribution in [0.15, 0.2) is 53.9 Å². The van der Waals surface area contributed by atoms with E-state index in [-0.39, 0.29) is 11.8 Å². The standard InChI is InChI=1S/C21H16Cl2N4O2/c1-11-18-19(16(9-24)20(25)29-21(18)27-26-11)12-3-6-15(7-4-12)28-10-13-2-5-14(22)8-17(13)23/h2-8,19H,10,25H2,1H3,(H,26,27). The number of hydrogen-bond donors (Lipinski definition) is 2. The van der Waals surface area contributed by atoms with Gasteiger partial charge in [-0.2, -0.15) is 5.26 Å². The Hall–Kier alpha value is -3.14. The molecule has 0 radical (unpaired) electrons. The first-order valence-corrected chi connectivity index (χ1v) is 9.52. The van der Waals surface area contributed by atoms with Gasteiger partial charge >= 0.3 is 0 Å². The van der Waals surface area contributed by atoms with Gasteiger partial charge in [-0.05, 0) is 36.8 Å². The summed E-state index contributed by atoms with van der Waals surface area (Å²) in [6.07, 6.45) is 0. The lowest BCUT2D eigenvalue weighted by molar-refractivity contribution is 0.306. The van der Waals surface area contributed by atoms with E-state index in [1.807, 2.05) is 37.3 Å². The summed E-state index contributed by atoms with van der Waals surface area (Å²) in [6.45, 7) is 2.19. The number of hydrogen-bond acceptors (Lipinski definition) is 5. The van der Waals surface area contributed by atoms with Gasteiger partial charge in [0.05, 0.1) is 5.92 Å². The smallest absolute Gasteiger partial charge is 0.244 e. The minimum atomic E-state index is -0.359. The molecule has 6 nitrogen and oxygen atoms in total. The Kier molecular flexibility index (Phi) is 5.10. The summed E-state index contributed by atoms with van der Waals surface area (Å²) in [7, 11) is 0. The Balaban J connectivity index is 1.59. The molecule has 0 spiro atoms. The van der Waals surface area contributed by atoms with Gasteiger partial charge in [-0.25, -0.2) is 0 Å². The number of halogens is 2. The minimum absolute atomic E-state index is 0.0641. The third kappa shape index (κ3) is 3.63. The fourth-order valence-corrected chi connectivity index (χ4v) is 3.75. The van der Waals surface area contributed by atoms with Crippen molar-refractivity contribution < 1.29 is 9.47 Å². The molecule has 29 heavy (non-hydrogen) atoms. The van der Waals surface area contributed by atoms with Crippen molar-refractivity contribution in [3.63, 3.8) is 0 Å². The maximum absolute atomic E-state index is 9.61. The number of ether oxygens (including phenoxy) is 2. The molecule has 0 saturated heterocycles. The van der Waals surface area contributed by atoms with E-state index in [1.165, 1.54) is 0 Å². The molecule has 8 heteroatoms. The second kappa shape index (κ2) is 7.70. The van der Waals surface area contributed by atoms with Crippen molar-refractivity contribution in [2.75, 3.05) is 0 Å². The first-order chi connectivity index (χ1) is 14.0. The SMILES string of the molecule is Cc1[nH]nc2c1C(c1ccc(OCc3ccc(Cl)cc3Cl)cc1)C(C#N)=C(N)O2. The summed E-state index contributed by atoms with van der Waals surface area (Å²) < 4.78 is 11.3. The van der Waals surface area contributed by atoms with E-state index in [0.29, 0.717) is 33.9 Å². The number of nitrogens with one attached hydrogen (secondary N) is 1. The first-order valence-electron chi connectivity index (χ1n) is 8.77. The van der Waals surface area contributed by atoms with Crippen LogP contribution in [0, 0.1) is 18.3 Å². The maximum atomic E-state index is 9.61. The Labute approximate surface area is 177 Å². The quantitative estimate of drug-likeness (QED) is 0.622. The lowest BCUT2D eigenvalue weighted by Crippen LogP contribution is -2.21. The van der Waals surface area contributed by atoms with Crippen LogP contribution in [-0.2, 0) is 6.61 Å². The number of rotatable bonds is 4. The van der Waals surface area contributed by atoms with Crippen molar-refractivity contribution in [2.24, 2.45) is 5.73 Å². The number of nitrogens with zero attached hydrogens (tertiary/aromatic N) is 2. The van der Waals surface area contributed by atoms with Crippen LogP contribution < -0.4 is 15.2 Å². The summed E-state index contributed by atoms with van der Waals surface area (Å²) in [5, 5.41) is 17.8. The zero-order chi connectivity index (χ0) is 20.5. The van der Waals surface area contributed by atoms with E-state index in [4.69, 9.17) is 38.4 Å². The van der Waals surface area contributed by atoms with Crippen molar-refractivity contribution in [1.82, 2.24) is 10.2 Å². The number of fused-ring (bicyclic) bond motifs is 1. The fourth-order valence-electron chi connectivity index (χ4n) is 3.29. The second-order valence-electron chi connectivity index (χ2n) is 6.59. The van der Waals surface area contributed by atoms with Crippen LogP contribution in [0.2, 0.25) is 10.0 Å². The average Bonchev–Trinajstić information content (AvgIpc) is 3.07. The number of H-pyrrole nitrogens is 1. The highest BCUT2D eigenvalue weighted by atomic mass is 35.5. The Morgan fingerprint density at radius 2 is 2.00 bits per heavy atom. The molecule has 146 valence electrons. The monoisotopic (exact) mass is 426 g/mol. The molecule has 0 saturated carbocycles. The van der Waals surface area contributed by atoms with Crippen LogP contribution in [0.4, 0.5) is 0 Å². The highest BCUT2D eigenvalue weighted by molar-refractivity contribution is 6.35. The van der Waals surface area contributed by atoms with E-state index >= 15 is 0 Å². The van der Waals surface area contributed by atoms with E-state index in [2.05, 4.69) is 16.3 Å². The van der Waals surface area contributed by atoms with Gasteiger partial charge in [0.15, 0.2) is 0 Å². The van der Waals surface area contributed by atoms with Crippen LogP contribution in [0.5, 0.6) is 11.6 Å². The molecular formula is C21H16Cl2N4O2. The highest BCUT2D eigenvalue weighted by Gasteiger charge is 2.34. The van der Waals surface area contributed by atoms with E-state index in [1.54, 1.807) is 12.1 Å².